The summed E-state index contributed by atoms with van der Waals surface area (Å²) < 4.78 is 0. The highest BCUT2D eigenvalue weighted by Gasteiger charge is 2.19. The molecule has 1 N–H and O–H groups in total. The number of rotatable bonds is 4. The Balaban J connectivity index is 1.67. The van der Waals surface area contributed by atoms with Gasteiger partial charge in [-0.05, 0) is 43.4 Å². The first-order valence-corrected chi connectivity index (χ1v) is 7.90. The molecule has 0 spiro atoms. The van der Waals surface area contributed by atoms with Gasteiger partial charge in [0.25, 0.3) is 0 Å². The second-order valence-electron chi connectivity index (χ2n) is 6.05. The van der Waals surface area contributed by atoms with Crippen molar-refractivity contribution >= 4 is 10.9 Å². The molecule has 0 saturated heterocycles. The third-order valence-electron chi connectivity index (χ3n) is 4.71. The summed E-state index contributed by atoms with van der Waals surface area (Å²) in [6.07, 6.45) is 8.96. The lowest BCUT2D eigenvalue weighted by Gasteiger charge is -2.28. The number of aromatic nitrogens is 1. The van der Waals surface area contributed by atoms with E-state index in [-0.39, 0.29) is 0 Å². The van der Waals surface area contributed by atoms with E-state index in [2.05, 4.69) is 47.6 Å². The molecule has 20 heavy (non-hydrogen) atoms. The molecule has 1 aromatic heterocycles. The molecule has 3 rings (SSSR count). The van der Waals surface area contributed by atoms with Gasteiger partial charge in [-0.2, -0.15) is 0 Å². The first-order valence-electron chi connectivity index (χ1n) is 7.90. The van der Waals surface area contributed by atoms with E-state index >= 15 is 0 Å². The molecule has 1 aliphatic rings. The summed E-state index contributed by atoms with van der Waals surface area (Å²) in [5.74, 6) is 0.858. The van der Waals surface area contributed by atoms with Gasteiger partial charge in [-0.25, -0.2) is 0 Å². The van der Waals surface area contributed by atoms with Crippen molar-refractivity contribution in [1.82, 2.24) is 10.3 Å². The average Bonchev–Trinajstić information content (AvgIpc) is 2.53. The maximum atomic E-state index is 4.43. The fourth-order valence-corrected chi connectivity index (χ4v) is 3.38. The molecule has 0 bridgehead atoms. The monoisotopic (exact) mass is 268 g/mol. The van der Waals surface area contributed by atoms with E-state index in [9.17, 15) is 0 Å². The van der Waals surface area contributed by atoms with E-state index in [1.165, 1.54) is 43.1 Å². The van der Waals surface area contributed by atoms with E-state index in [4.69, 9.17) is 0 Å². The van der Waals surface area contributed by atoms with Gasteiger partial charge in [0.15, 0.2) is 0 Å². The first kappa shape index (κ1) is 13.6. The fourth-order valence-electron chi connectivity index (χ4n) is 3.38. The Hall–Kier alpha value is -1.41. The van der Waals surface area contributed by atoms with E-state index < -0.39 is 0 Å². The van der Waals surface area contributed by atoms with Crippen LogP contribution >= 0.6 is 0 Å². The molecule has 0 amide bonds. The highest BCUT2D eigenvalue weighted by Crippen LogP contribution is 2.26. The van der Waals surface area contributed by atoms with Crippen molar-refractivity contribution in [2.75, 3.05) is 0 Å². The van der Waals surface area contributed by atoms with Gasteiger partial charge >= 0.3 is 0 Å². The van der Waals surface area contributed by atoms with Crippen molar-refractivity contribution in [3.63, 3.8) is 0 Å². The summed E-state index contributed by atoms with van der Waals surface area (Å²) in [5.41, 5.74) is 2.45. The van der Waals surface area contributed by atoms with Crippen LogP contribution in [0.15, 0.2) is 36.5 Å². The van der Waals surface area contributed by atoms with Gasteiger partial charge in [-0.3, -0.25) is 4.98 Å². The van der Waals surface area contributed by atoms with E-state index in [0.717, 1.165) is 18.0 Å². The van der Waals surface area contributed by atoms with Crippen LogP contribution < -0.4 is 5.32 Å². The van der Waals surface area contributed by atoms with Crippen LogP contribution in [0.4, 0.5) is 0 Å². The standard InChI is InChI=1S/C18H24N2/c1-14(15-7-3-2-4-8-15)20-13-16-11-12-19-18-10-6-5-9-17(16)18/h5-6,9-12,14-15,20H,2-4,7-8,13H2,1H3. The Morgan fingerprint density at radius 1 is 1.15 bits per heavy atom. The Morgan fingerprint density at radius 2 is 1.95 bits per heavy atom. The largest absolute Gasteiger partial charge is 0.310 e. The van der Waals surface area contributed by atoms with Crippen molar-refractivity contribution in [2.24, 2.45) is 5.92 Å². The average molecular weight is 268 g/mol. The fraction of sp³-hybridized carbons (Fsp3) is 0.500. The van der Waals surface area contributed by atoms with Crippen LogP contribution in [-0.4, -0.2) is 11.0 Å². The van der Waals surface area contributed by atoms with Crippen LogP contribution in [0.25, 0.3) is 10.9 Å². The number of hydrogen-bond donors (Lipinski definition) is 1. The number of para-hydroxylation sites is 1. The van der Waals surface area contributed by atoms with Crippen LogP contribution in [0.2, 0.25) is 0 Å². The van der Waals surface area contributed by atoms with Crippen LogP contribution in [0.1, 0.15) is 44.6 Å². The molecule has 2 aromatic rings. The van der Waals surface area contributed by atoms with Crippen LogP contribution in [0.3, 0.4) is 0 Å². The third-order valence-corrected chi connectivity index (χ3v) is 4.71. The molecular formula is C18H24N2. The summed E-state index contributed by atoms with van der Waals surface area (Å²) in [4.78, 5) is 4.43. The molecule has 1 heterocycles. The topological polar surface area (TPSA) is 24.9 Å². The minimum absolute atomic E-state index is 0.613. The third kappa shape index (κ3) is 3.01. The van der Waals surface area contributed by atoms with Gasteiger partial charge in [-0.1, -0.05) is 37.5 Å². The van der Waals surface area contributed by atoms with Crippen molar-refractivity contribution in [3.8, 4) is 0 Å². The van der Waals surface area contributed by atoms with Gasteiger partial charge in [0, 0.05) is 24.2 Å². The molecule has 1 unspecified atom stereocenters. The summed E-state index contributed by atoms with van der Waals surface area (Å²) in [7, 11) is 0. The van der Waals surface area contributed by atoms with E-state index in [0.29, 0.717) is 6.04 Å². The van der Waals surface area contributed by atoms with Gasteiger partial charge in [0.2, 0.25) is 0 Å². The van der Waals surface area contributed by atoms with E-state index in [1.807, 2.05) is 6.20 Å². The number of fused-ring (bicyclic) bond motifs is 1. The number of benzene rings is 1. The molecule has 2 nitrogen and oxygen atoms in total. The zero-order chi connectivity index (χ0) is 13.8. The molecule has 1 saturated carbocycles. The highest BCUT2D eigenvalue weighted by atomic mass is 14.9. The SMILES string of the molecule is CC(NCc1ccnc2ccccc12)C1CCCCC1. The predicted molar refractivity (Wildman–Crippen MR) is 84.6 cm³/mol. The maximum absolute atomic E-state index is 4.43. The zero-order valence-corrected chi connectivity index (χ0v) is 12.3. The minimum Gasteiger partial charge on any atom is -0.310 e. The predicted octanol–water partition coefficient (Wildman–Crippen LogP) is 4.29. The summed E-state index contributed by atoms with van der Waals surface area (Å²) >= 11 is 0. The van der Waals surface area contributed by atoms with Gasteiger partial charge in [-0.15, -0.1) is 0 Å². The number of nitrogens with zero attached hydrogens (tertiary/aromatic N) is 1. The molecule has 1 aliphatic carbocycles. The summed E-state index contributed by atoms with van der Waals surface area (Å²) in [6.45, 7) is 3.29. The molecule has 1 aromatic carbocycles. The smallest absolute Gasteiger partial charge is 0.0705 e. The van der Waals surface area contributed by atoms with Crippen LogP contribution in [-0.2, 0) is 6.54 Å². The number of hydrogen-bond acceptors (Lipinski definition) is 2. The normalized spacial score (nSPS) is 18.2. The van der Waals surface area contributed by atoms with Crippen molar-refractivity contribution in [1.29, 1.82) is 0 Å². The second kappa shape index (κ2) is 6.36. The maximum Gasteiger partial charge on any atom is 0.0705 e. The molecular weight excluding hydrogens is 244 g/mol. The summed E-state index contributed by atoms with van der Waals surface area (Å²) in [5, 5.41) is 5.01. The molecule has 1 atom stereocenters. The molecule has 106 valence electrons. The summed E-state index contributed by atoms with van der Waals surface area (Å²) in [6, 6.07) is 11.2. The first-order chi connectivity index (χ1) is 9.84. The lowest BCUT2D eigenvalue weighted by Crippen LogP contribution is -2.34. The lowest BCUT2D eigenvalue weighted by molar-refractivity contribution is 0.281. The molecule has 0 aliphatic heterocycles. The highest BCUT2D eigenvalue weighted by molar-refractivity contribution is 5.81. The zero-order valence-electron chi connectivity index (χ0n) is 12.3. The van der Waals surface area contributed by atoms with Crippen molar-refractivity contribution < 1.29 is 0 Å². The Kier molecular flexibility index (Phi) is 4.31. The minimum atomic E-state index is 0.613. The number of nitrogens with one attached hydrogen (secondary N) is 1. The quantitative estimate of drug-likeness (QED) is 0.894. The molecule has 2 heteroatoms. The molecule has 1 fully saturated rings. The van der Waals surface area contributed by atoms with Gasteiger partial charge < -0.3 is 5.32 Å². The Bertz CT molecular complexity index is 553. The second-order valence-corrected chi connectivity index (χ2v) is 6.05. The Morgan fingerprint density at radius 3 is 2.80 bits per heavy atom. The molecule has 0 radical (unpaired) electrons. The lowest BCUT2D eigenvalue weighted by atomic mass is 9.84. The van der Waals surface area contributed by atoms with Crippen LogP contribution in [0.5, 0.6) is 0 Å². The van der Waals surface area contributed by atoms with Gasteiger partial charge in [0.05, 0.1) is 5.52 Å². The van der Waals surface area contributed by atoms with Gasteiger partial charge in [0.1, 0.15) is 0 Å². The van der Waals surface area contributed by atoms with Crippen molar-refractivity contribution in [2.45, 2.75) is 51.6 Å². The van der Waals surface area contributed by atoms with Crippen molar-refractivity contribution in [3.05, 3.63) is 42.1 Å². The van der Waals surface area contributed by atoms with E-state index in [1.54, 1.807) is 0 Å². The number of pyridine rings is 1. The Labute approximate surface area is 121 Å². The van der Waals surface area contributed by atoms with Crippen LogP contribution in [0, 0.1) is 5.92 Å².